The molecular formula is C18H21N5O2. The topological polar surface area (TPSA) is 97.1 Å². The summed E-state index contributed by atoms with van der Waals surface area (Å²) >= 11 is 0. The lowest BCUT2D eigenvalue weighted by molar-refractivity contribution is 0.317. The molecule has 2 heterocycles. The van der Waals surface area contributed by atoms with Crippen LogP contribution in [0.2, 0.25) is 0 Å². The summed E-state index contributed by atoms with van der Waals surface area (Å²) in [4.78, 5) is 25.2. The second kappa shape index (κ2) is 7.31. The van der Waals surface area contributed by atoms with Crippen molar-refractivity contribution < 1.29 is 4.74 Å². The molecule has 0 bridgehead atoms. The molecule has 2 aromatic heterocycles. The molecule has 3 rings (SSSR count). The van der Waals surface area contributed by atoms with E-state index in [9.17, 15) is 4.79 Å². The van der Waals surface area contributed by atoms with Crippen LogP contribution in [-0.2, 0) is 13.1 Å². The van der Waals surface area contributed by atoms with Gasteiger partial charge in [0.25, 0.3) is 5.56 Å². The zero-order chi connectivity index (χ0) is 17.8. The molecule has 0 aliphatic rings. The molecule has 0 fully saturated rings. The second-order valence-electron chi connectivity index (χ2n) is 5.93. The van der Waals surface area contributed by atoms with Crippen LogP contribution in [0, 0.1) is 0 Å². The highest BCUT2D eigenvalue weighted by atomic mass is 16.5. The lowest BCUT2D eigenvalue weighted by Crippen LogP contribution is -2.23. The number of fused-ring (bicyclic) bond motifs is 1. The Morgan fingerprint density at radius 2 is 1.96 bits per heavy atom. The highest BCUT2D eigenvalue weighted by Gasteiger charge is 2.08. The van der Waals surface area contributed by atoms with Gasteiger partial charge in [-0.05, 0) is 38.2 Å². The van der Waals surface area contributed by atoms with E-state index in [4.69, 9.17) is 10.5 Å². The van der Waals surface area contributed by atoms with Crippen LogP contribution in [0.1, 0.15) is 18.1 Å². The molecule has 3 N–H and O–H groups in total. The number of rotatable bonds is 6. The Bertz CT molecular complexity index is 921. The normalized spacial score (nSPS) is 11.2. The first-order valence-electron chi connectivity index (χ1n) is 8.09. The van der Waals surface area contributed by atoms with Gasteiger partial charge in [0.15, 0.2) is 0 Å². The summed E-state index contributed by atoms with van der Waals surface area (Å²) in [6.07, 6.45) is 3.38. The second-order valence-corrected chi connectivity index (χ2v) is 5.93. The van der Waals surface area contributed by atoms with E-state index >= 15 is 0 Å². The van der Waals surface area contributed by atoms with Gasteiger partial charge >= 0.3 is 0 Å². The third kappa shape index (κ3) is 4.13. The number of aromatic amines is 1. The quantitative estimate of drug-likeness (QED) is 0.712. The van der Waals surface area contributed by atoms with Crippen molar-refractivity contribution in [3.63, 3.8) is 0 Å². The zero-order valence-corrected chi connectivity index (χ0v) is 14.3. The first kappa shape index (κ1) is 16.9. The Labute approximate surface area is 145 Å². The first-order chi connectivity index (χ1) is 12.0. The van der Waals surface area contributed by atoms with E-state index in [0.29, 0.717) is 25.3 Å². The minimum atomic E-state index is -0.0860. The molecule has 0 aliphatic heterocycles. The Morgan fingerprint density at radius 1 is 1.20 bits per heavy atom. The number of ether oxygens (including phenoxy) is 1. The Kier molecular flexibility index (Phi) is 4.95. The van der Waals surface area contributed by atoms with Gasteiger partial charge in [-0.2, -0.15) is 0 Å². The molecular weight excluding hydrogens is 318 g/mol. The van der Waals surface area contributed by atoms with Crippen LogP contribution in [0.5, 0.6) is 5.75 Å². The molecule has 0 spiro atoms. The van der Waals surface area contributed by atoms with E-state index in [1.165, 1.54) is 0 Å². The summed E-state index contributed by atoms with van der Waals surface area (Å²) in [5.41, 5.74) is 7.84. The number of pyridine rings is 1. The van der Waals surface area contributed by atoms with Crippen LogP contribution >= 0.6 is 0 Å². The van der Waals surface area contributed by atoms with E-state index in [2.05, 4.69) is 15.0 Å². The number of anilines is 1. The number of hydrogen-bond acceptors (Lipinski definition) is 6. The van der Waals surface area contributed by atoms with Crippen molar-refractivity contribution in [2.24, 2.45) is 0 Å². The van der Waals surface area contributed by atoms with Gasteiger partial charge in [0.2, 0.25) is 5.95 Å². The fourth-order valence-electron chi connectivity index (χ4n) is 2.71. The average Bonchev–Trinajstić information content (AvgIpc) is 2.58. The maximum Gasteiger partial charge on any atom is 0.252 e. The largest absolute Gasteiger partial charge is 0.494 e. The molecule has 7 nitrogen and oxygen atoms in total. The third-order valence-electron chi connectivity index (χ3n) is 3.82. The van der Waals surface area contributed by atoms with Crippen molar-refractivity contribution in [1.82, 2.24) is 19.9 Å². The number of benzene rings is 1. The minimum Gasteiger partial charge on any atom is -0.494 e. The maximum atomic E-state index is 12.3. The standard InChI is InChI=1S/C18H21N5O2/c1-3-25-15-4-5-16-13(7-15)6-14(17(24)22-16)11-23(2)10-12-8-20-18(19)21-9-12/h4-9H,3,10-11H2,1-2H3,(H,22,24)(H2,19,20,21). The van der Waals surface area contributed by atoms with Crippen LogP contribution < -0.4 is 16.0 Å². The maximum absolute atomic E-state index is 12.3. The van der Waals surface area contributed by atoms with Crippen LogP contribution in [0.25, 0.3) is 10.9 Å². The molecule has 0 atom stereocenters. The predicted octanol–water partition coefficient (Wildman–Crippen LogP) is 1.93. The summed E-state index contributed by atoms with van der Waals surface area (Å²) in [5, 5.41) is 0.949. The molecule has 0 unspecified atom stereocenters. The number of nitrogen functional groups attached to an aromatic ring is 1. The van der Waals surface area contributed by atoms with Gasteiger partial charge in [-0.25, -0.2) is 9.97 Å². The Balaban J connectivity index is 1.80. The van der Waals surface area contributed by atoms with Crippen molar-refractivity contribution in [2.75, 3.05) is 19.4 Å². The van der Waals surface area contributed by atoms with Crippen molar-refractivity contribution in [1.29, 1.82) is 0 Å². The number of aromatic nitrogens is 3. The molecule has 3 aromatic rings. The van der Waals surface area contributed by atoms with Crippen LogP contribution in [0.15, 0.2) is 41.5 Å². The van der Waals surface area contributed by atoms with Crippen LogP contribution in [-0.4, -0.2) is 33.5 Å². The molecule has 0 amide bonds. The van der Waals surface area contributed by atoms with E-state index in [1.54, 1.807) is 12.4 Å². The van der Waals surface area contributed by atoms with Crippen LogP contribution in [0.3, 0.4) is 0 Å². The number of hydrogen-bond donors (Lipinski definition) is 2. The zero-order valence-electron chi connectivity index (χ0n) is 14.3. The highest BCUT2D eigenvalue weighted by Crippen LogP contribution is 2.19. The van der Waals surface area contributed by atoms with E-state index in [-0.39, 0.29) is 11.5 Å². The Hall–Kier alpha value is -2.93. The van der Waals surface area contributed by atoms with E-state index in [0.717, 1.165) is 22.2 Å². The highest BCUT2D eigenvalue weighted by molar-refractivity contribution is 5.80. The Morgan fingerprint density at radius 3 is 2.68 bits per heavy atom. The molecule has 130 valence electrons. The molecule has 0 radical (unpaired) electrons. The number of nitrogens with zero attached hydrogens (tertiary/aromatic N) is 3. The van der Waals surface area contributed by atoms with Gasteiger partial charge in [0.05, 0.1) is 6.61 Å². The van der Waals surface area contributed by atoms with Gasteiger partial charge in [0, 0.05) is 47.5 Å². The fraction of sp³-hybridized carbons (Fsp3) is 0.278. The predicted molar refractivity (Wildman–Crippen MR) is 97.4 cm³/mol. The number of nitrogens with two attached hydrogens (primary N) is 1. The van der Waals surface area contributed by atoms with Gasteiger partial charge in [-0.3, -0.25) is 9.69 Å². The summed E-state index contributed by atoms with van der Waals surface area (Å²) in [6, 6.07) is 7.56. The molecule has 0 saturated heterocycles. The number of H-pyrrole nitrogens is 1. The lowest BCUT2D eigenvalue weighted by atomic mass is 10.1. The lowest BCUT2D eigenvalue weighted by Gasteiger charge is -2.16. The SMILES string of the molecule is CCOc1ccc2[nH]c(=O)c(CN(C)Cc3cnc(N)nc3)cc2c1. The fourth-order valence-corrected chi connectivity index (χ4v) is 2.71. The molecule has 0 saturated carbocycles. The summed E-state index contributed by atoms with van der Waals surface area (Å²) in [6.45, 7) is 3.68. The average molecular weight is 339 g/mol. The number of nitrogens with one attached hydrogen (secondary N) is 1. The van der Waals surface area contributed by atoms with E-state index < -0.39 is 0 Å². The smallest absolute Gasteiger partial charge is 0.252 e. The third-order valence-corrected chi connectivity index (χ3v) is 3.82. The molecule has 25 heavy (non-hydrogen) atoms. The van der Waals surface area contributed by atoms with Gasteiger partial charge in [-0.15, -0.1) is 0 Å². The van der Waals surface area contributed by atoms with Crippen molar-refractivity contribution in [3.05, 3.63) is 58.1 Å². The van der Waals surface area contributed by atoms with Gasteiger partial charge < -0.3 is 15.5 Å². The van der Waals surface area contributed by atoms with Gasteiger partial charge in [-0.1, -0.05) is 0 Å². The van der Waals surface area contributed by atoms with Crippen molar-refractivity contribution in [3.8, 4) is 5.75 Å². The van der Waals surface area contributed by atoms with Crippen LogP contribution in [0.4, 0.5) is 5.95 Å². The summed E-state index contributed by atoms with van der Waals surface area (Å²) in [7, 11) is 1.94. The molecule has 1 aromatic carbocycles. The first-order valence-corrected chi connectivity index (χ1v) is 8.09. The summed E-state index contributed by atoms with van der Waals surface area (Å²) < 4.78 is 5.53. The van der Waals surface area contributed by atoms with Gasteiger partial charge in [0.1, 0.15) is 5.75 Å². The van der Waals surface area contributed by atoms with Crippen molar-refractivity contribution in [2.45, 2.75) is 20.0 Å². The minimum absolute atomic E-state index is 0.0860. The molecule has 0 aliphatic carbocycles. The van der Waals surface area contributed by atoms with Crippen molar-refractivity contribution >= 4 is 16.9 Å². The molecule has 7 heteroatoms. The monoisotopic (exact) mass is 339 g/mol. The summed E-state index contributed by atoms with van der Waals surface area (Å²) in [5.74, 6) is 1.04. The van der Waals surface area contributed by atoms with E-state index in [1.807, 2.05) is 43.1 Å².